The van der Waals surface area contributed by atoms with Crippen LogP contribution in [0.2, 0.25) is 0 Å². The Morgan fingerprint density at radius 2 is 1.96 bits per heavy atom. The minimum absolute atomic E-state index is 0.0440. The predicted molar refractivity (Wildman–Crippen MR) is 97.3 cm³/mol. The Hall–Kier alpha value is -1.70. The number of aliphatic hydroxyl groups excluding tert-OH is 1. The molecular weight excluding hydrogens is 334 g/mol. The molecule has 1 N–H and O–H groups in total. The van der Waals surface area contributed by atoms with Crippen LogP contribution in [0.4, 0.5) is 0 Å². The lowest BCUT2D eigenvalue weighted by Gasteiger charge is -2.34. The lowest BCUT2D eigenvalue weighted by Crippen LogP contribution is -2.50. The number of ether oxygens (including phenoxy) is 2. The second-order valence-corrected chi connectivity index (χ2v) is 6.79. The molecule has 1 aliphatic heterocycles. The average Bonchev–Trinajstić information content (AvgIpc) is 2.70. The quantitative estimate of drug-likeness (QED) is 0.678. The van der Waals surface area contributed by atoms with Gasteiger partial charge in [0.05, 0.1) is 19.8 Å². The monoisotopic (exact) mass is 363 g/mol. The molecule has 2 heterocycles. The van der Waals surface area contributed by atoms with Gasteiger partial charge in [0.2, 0.25) is 0 Å². The minimum atomic E-state index is 0.0440. The third kappa shape index (κ3) is 5.16. The molecule has 0 atom stereocenters. The van der Waals surface area contributed by atoms with Crippen LogP contribution < -0.4 is 4.74 Å². The summed E-state index contributed by atoms with van der Waals surface area (Å²) < 4.78 is 11.1. The molecular formula is C19H29N3O4. The molecule has 1 fully saturated rings. The van der Waals surface area contributed by atoms with Gasteiger partial charge in [0.1, 0.15) is 5.75 Å². The summed E-state index contributed by atoms with van der Waals surface area (Å²) in [5, 5.41) is 8.70. The number of aliphatic hydroxyl groups is 1. The minimum Gasteiger partial charge on any atom is -0.483 e. The fourth-order valence-corrected chi connectivity index (χ4v) is 3.54. The maximum absolute atomic E-state index is 12.5. The van der Waals surface area contributed by atoms with E-state index in [1.807, 2.05) is 11.0 Å². The molecule has 26 heavy (non-hydrogen) atoms. The molecule has 1 amide bonds. The number of carbonyl (C=O) groups excluding carboxylic acids is 1. The topological polar surface area (TPSA) is 75.1 Å². The highest BCUT2D eigenvalue weighted by molar-refractivity contribution is 5.78. The highest BCUT2D eigenvalue weighted by atomic mass is 16.5. The standard InChI is InChI=1S/C19H29N3O4/c23-12-14-25-13-11-21-7-9-22(10-8-21)19(24)15-26-18-5-6-20-17-4-2-1-3-16(17)18/h5-6,23H,1-4,7-15H2. The van der Waals surface area contributed by atoms with Crippen molar-refractivity contribution in [3.05, 3.63) is 23.5 Å². The lowest BCUT2D eigenvalue weighted by atomic mass is 9.95. The van der Waals surface area contributed by atoms with Crippen LogP contribution in [0.5, 0.6) is 5.75 Å². The van der Waals surface area contributed by atoms with Crippen LogP contribution in [-0.4, -0.2) is 84.9 Å². The molecule has 2 aliphatic rings. The molecule has 0 radical (unpaired) electrons. The van der Waals surface area contributed by atoms with Gasteiger partial charge in [-0.25, -0.2) is 0 Å². The van der Waals surface area contributed by atoms with E-state index in [-0.39, 0.29) is 19.1 Å². The molecule has 1 aliphatic carbocycles. The summed E-state index contributed by atoms with van der Waals surface area (Å²) in [5.41, 5.74) is 2.30. The van der Waals surface area contributed by atoms with E-state index in [1.54, 1.807) is 6.20 Å². The number of rotatable bonds is 8. The van der Waals surface area contributed by atoms with Crippen LogP contribution in [0.25, 0.3) is 0 Å². The van der Waals surface area contributed by atoms with Crippen molar-refractivity contribution in [2.24, 2.45) is 0 Å². The van der Waals surface area contributed by atoms with Crippen LogP contribution in [-0.2, 0) is 22.4 Å². The van der Waals surface area contributed by atoms with E-state index >= 15 is 0 Å². The Bertz CT molecular complexity index is 588. The summed E-state index contributed by atoms with van der Waals surface area (Å²) >= 11 is 0. The van der Waals surface area contributed by atoms with Crippen molar-refractivity contribution in [2.45, 2.75) is 25.7 Å². The molecule has 0 spiro atoms. The lowest BCUT2D eigenvalue weighted by molar-refractivity contribution is -0.135. The highest BCUT2D eigenvalue weighted by Gasteiger charge is 2.22. The first-order valence-electron chi connectivity index (χ1n) is 9.56. The largest absolute Gasteiger partial charge is 0.483 e. The Balaban J connectivity index is 1.41. The smallest absolute Gasteiger partial charge is 0.260 e. The van der Waals surface area contributed by atoms with Gasteiger partial charge < -0.3 is 19.5 Å². The summed E-state index contributed by atoms with van der Waals surface area (Å²) in [4.78, 5) is 21.0. The third-order valence-electron chi connectivity index (χ3n) is 5.06. The number of hydrogen-bond acceptors (Lipinski definition) is 6. The molecule has 0 saturated carbocycles. The van der Waals surface area contributed by atoms with Gasteiger partial charge in [-0.1, -0.05) is 0 Å². The van der Waals surface area contributed by atoms with Crippen molar-refractivity contribution in [3.63, 3.8) is 0 Å². The predicted octanol–water partition coefficient (Wildman–Crippen LogP) is 0.492. The maximum Gasteiger partial charge on any atom is 0.260 e. The van der Waals surface area contributed by atoms with Gasteiger partial charge in [0.25, 0.3) is 5.91 Å². The van der Waals surface area contributed by atoms with Crippen molar-refractivity contribution < 1.29 is 19.4 Å². The second kappa shape index (κ2) is 9.85. The number of hydrogen-bond donors (Lipinski definition) is 1. The first-order valence-corrected chi connectivity index (χ1v) is 9.56. The van der Waals surface area contributed by atoms with E-state index in [9.17, 15) is 4.79 Å². The van der Waals surface area contributed by atoms with Gasteiger partial charge in [-0.2, -0.15) is 0 Å². The van der Waals surface area contributed by atoms with Gasteiger partial charge in [0.15, 0.2) is 6.61 Å². The normalized spacial score (nSPS) is 17.8. The average molecular weight is 363 g/mol. The summed E-state index contributed by atoms with van der Waals surface area (Å²) in [6.07, 6.45) is 6.11. The van der Waals surface area contributed by atoms with Gasteiger partial charge in [-0.05, 0) is 31.7 Å². The van der Waals surface area contributed by atoms with E-state index in [0.29, 0.717) is 13.2 Å². The zero-order valence-corrected chi connectivity index (χ0v) is 15.4. The summed E-state index contributed by atoms with van der Waals surface area (Å²) in [5.74, 6) is 0.866. The third-order valence-corrected chi connectivity index (χ3v) is 5.06. The number of nitrogens with zero attached hydrogens (tertiary/aromatic N) is 3. The van der Waals surface area contributed by atoms with Gasteiger partial charge >= 0.3 is 0 Å². The molecule has 0 bridgehead atoms. The van der Waals surface area contributed by atoms with Crippen LogP contribution in [0, 0.1) is 0 Å². The van der Waals surface area contributed by atoms with Crippen molar-refractivity contribution in [1.82, 2.24) is 14.8 Å². The molecule has 0 aromatic carbocycles. The van der Waals surface area contributed by atoms with Crippen molar-refractivity contribution in [3.8, 4) is 5.75 Å². The Morgan fingerprint density at radius 1 is 1.15 bits per heavy atom. The number of carbonyl (C=O) groups is 1. The van der Waals surface area contributed by atoms with E-state index in [0.717, 1.165) is 63.4 Å². The number of aromatic nitrogens is 1. The molecule has 1 saturated heterocycles. The van der Waals surface area contributed by atoms with Crippen LogP contribution in [0.1, 0.15) is 24.1 Å². The maximum atomic E-state index is 12.5. The van der Waals surface area contributed by atoms with Crippen LogP contribution in [0.3, 0.4) is 0 Å². The second-order valence-electron chi connectivity index (χ2n) is 6.79. The van der Waals surface area contributed by atoms with Gasteiger partial charge in [-0.3, -0.25) is 14.7 Å². The van der Waals surface area contributed by atoms with Gasteiger partial charge in [-0.15, -0.1) is 0 Å². The Morgan fingerprint density at radius 3 is 2.77 bits per heavy atom. The summed E-state index contributed by atoms with van der Waals surface area (Å²) in [6.45, 7) is 5.12. The van der Waals surface area contributed by atoms with E-state index in [4.69, 9.17) is 14.6 Å². The fraction of sp³-hybridized carbons (Fsp3) is 0.684. The molecule has 1 aromatic heterocycles. The van der Waals surface area contributed by atoms with E-state index in [1.165, 1.54) is 12.0 Å². The summed E-state index contributed by atoms with van der Waals surface area (Å²) in [7, 11) is 0. The van der Waals surface area contributed by atoms with Crippen LogP contribution in [0.15, 0.2) is 12.3 Å². The Labute approximate surface area is 154 Å². The summed E-state index contributed by atoms with van der Waals surface area (Å²) in [6, 6.07) is 1.88. The number of fused-ring (bicyclic) bond motifs is 1. The van der Waals surface area contributed by atoms with E-state index in [2.05, 4.69) is 9.88 Å². The fourth-order valence-electron chi connectivity index (χ4n) is 3.54. The van der Waals surface area contributed by atoms with E-state index < -0.39 is 0 Å². The zero-order chi connectivity index (χ0) is 18.2. The van der Waals surface area contributed by atoms with Crippen molar-refractivity contribution in [1.29, 1.82) is 0 Å². The van der Waals surface area contributed by atoms with Crippen molar-refractivity contribution in [2.75, 3.05) is 59.2 Å². The molecule has 3 rings (SSSR count). The first-order chi connectivity index (χ1) is 12.8. The highest BCUT2D eigenvalue weighted by Crippen LogP contribution is 2.27. The van der Waals surface area contributed by atoms with Gasteiger partial charge in [0, 0.05) is 50.2 Å². The first kappa shape index (κ1) is 19.1. The molecule has 144 valence electrons. The van der Waals surface area contributed by atoms with Crippen LogP contribution >= 0.6 is 0 Å². The molecule has 1 aromatic rings. The molecule has 0 unspecified atom stereocenters. The molecule has 7 heteroatoms. The number of piperazine rings is 1. The molecule has 7 nitrogen and oxygen atoms in total. The van der Waals surface area contributed by atoms with Crippen molar-refractivity contribution >= 4 is 5.91 Å². The zero-order valence-electron chi connectivity index (χ0n) is 15.4. The SMILES string of the molecule is O=C(COc1ccnc2c1CCCC2)N1CCN(CCOCCO)CC1. The Kier molecular flexibility index (Phi) is 7.22. The number of aryl methyl sites for hydroxylation is 1. The number of pyridine rings is 1. The number of amides is 1.